The average Bonchev–Trinajstić information content (AvgIpc) is 2.65. The van der Waals surface area contributed by atoms with Gasteiger partial charge >= 0.3 is 0 Å². The summed E-state index contributed by atoms with van der Waals surface area (Å²) < 4.78 is 41.1. The van der Waals surface area contributed by atoms with E-state index < -0.39 is 10.0 Å². The molecule has 7 heteroatoms. The van der Waals surface area contributed by atoms with Gasteiger partial charge in [0.25, 0.3) is 10.0 Å². The molecule has 3 rings (SSSR count). The van der Waals surface area contributed by atoms with Gasteiger partial charge in [-0.3, -0.25) is 4.72 Å². The van der Waals surface area contributed by atoms with E-state index in [4.69, 9.17) is 0 Å². The Morgan fingerprint density at radius 3 is 2.44 bits per heavy atom. The Morgan fingerprint density at radius 2 is 1.74 bits per heavy atom. The van der Waals surface area contributed by atoms with Crippen LogP contribution in [0.5, 0.6) is 0 Å². The number of sulfonamides is 1. The van der Waals surface area contributed by atoms with Crippen molar-refractivity contribution in [3.8, 4) is 0 Å². The van der Waals surface area contributed by atoms with Gasteiger partial charge in [-0.2, -0.15) is 0 Å². The second kappa shape index (κ2) is 8.18. The molecule has 3 aromatic rings. The summed E-state index contributed by atoms with van der Waals surface area (Å²) in [6, 6.07) is 16.7. The number of hydrogen-bond acceptors (Lipinski definition) is 4. The highest BCUT2D eigenvalue weighted by atomic mass is 32.2. The van der Waals surface area contributed by atoms with Crippen LogP contribution in [-0.4, -0.2) is 19.9 Å². The van der Waals surface area contributed by atoms with Gasteiger partial charge in [0.1, 0.15) is 11.6 Å². The zero-order valence-corrected chi connectivity index (χ0v) is 15.6. The predicted molar refractivity (Wildman–Crippen MR) is 105 cm³/mol. The van der Waals surface area contributed by atoms with Crippen LogP contribution >= 0.6 is 0 Å². The van der Waals surface area contributed by atoms with Crippen molar-refractivity contribution in [1.82, 2.24) is 4.98 Å². The highest BCUT2D eigenvalue weighted by Crippen LogP contribution is 2.19. The second-order valence-corrected chi connectivity index (χ2v) is 7.72. The standard InChI is InChI=1S/C20H20FN3O2S/c1-15-6-2-5-9-19(15)27(25,26)24-17-10-11-20(23-14-17)22-13-12-16-7-3-4-8-18(16)21/h2-11,14,24H,12-13H2,1H3,(H,22,23). The lowest BCUT2D eigenvalue weighted by Crippen LogP contribution is -2.14. The van der Waals surface area contributed by atoms with Gasteiger partial charge in [-0.25, -0.2) is 17.8 Å². The van der Waals surface area contributed by atoms with Crippen molar-refractivity contribution in [3.63, 3.8) is 0 Å². The molecule has 0 saturated heterocycles. The van der Waals surface area contributed by atoms with E-state index in [9.17, 15) is 12.8 Å². The fourth-order valence-corrected chi connectivity index (χ4v) is 3.94. The number of aryl methyl sites for hydroxylation is 1. The molecule has 140 valence electrons. The lowest BCUT2D eigenvalue weighted by atomic mass is 10.1. The van der Waals surface area contributed by atoms with E-state index in [1.165, 1.54) is 12.3 Å². The van der Waals surface area contributed by atoms with Crippen molar-refractivity contribution < 1.29 is 12.8 Å². The summed E-state index contributed by atoms with van der Waals surface area (Å²) in [5.41, 5.74) is 1.68. The molecule has 2 N–H and O–H groups in total. The van der Waals surface area contributed by atoms with Crippen LogP contribution in [0.4, 0.5) is 15.9 Å². The van der Waals surface area contributed by atoms with Gasteiger partial charge in [-0.1, -0.05) is 36.4 Å². The third-order valence-corrected chi connectivity index (χ3v) is 5.60. The SMILES string of the molecule is Cc1ccccc1S(=O)(=O)Nc1ccc(NCCc2ccccc2F)nc1. The lowest BCUT2D eigenvalue weighted by molar-refractivity contribution is 0.600. The third kappa shape index (κ3) is 4.83. The quantitative estimate of drug-likeness (QED) is 0.645. The molecule has 0 radical (unpaired) electrons. The second-order valence-electron chi connectivity index (χ2n) is 6.07. The van der Waals surface area contributed by atoms with E-state index in [1.54, 1.807) is 61.5 Å². The van der Waals surface area contributed by atoms with E-state index in [0.717, 1.165) is 0 Å². The van der Waals surface area contributed by atoms with Crippen molar-refractivity contribution in [3.05, 3.63) is 83.8 Å². The van der Waals surface area contributed by atoms with E-state index in [0.29, 0.717) is 35.6 Å². The predicted octanol–water partition coefficient (Wildman–Crippen LogP) is 3.98. The molecule has 0 amide bonds. The molecule has 1 heterocycles. The molecular formula is C20H20FN3O2S. The van der Waals surface area contributed by atoms with Crippen molar-refractivity contribution in [2.75, 3.05) is 16.6 Å². The Labute approximate surface area is 158 Å². The molecule has 0 atom stereocenters. The van der Waals surface area contributed by atoms with Crippen LogP contribution in [0.25, 0.3) is 0 Å². The first-order chi connectivity index (χ1) is 13.0. The molecule has 27 heavy (non-hydrogen) atoms. The molecule has 2 aromatic carbocycles. The number of aromatic nitrogens is 1. The zero-order chi connectivity index (χ0) is 19.3. The highest BCUT2D eigenvalue weighted by molar-refractivity contribution is 7.92. The summed E-state index contributed by atoms with van der Waals surface area (Å²) in [6.45, 7) is 2.26. The van der Waals surface area contributed by atoms with E-state index >= 15 is 0 Å². The minimum Gasteiger partial charge on any atom is -0.370 e. The summed E-state index contributed by atoms with van der Waals surface area (Å²) in [4.78, 5) is 4.43. The van der Waals surface area contributed by atoms with E-state index in [-0.39, 0.29) is 10.7 Å². The monoisotopic (exact) mass is 385 g/mol. The minimum absolute atomic E-state index is 0.229. The van der Waals surface area contributed by atoms with Gasteiger partial charge in [0.05, 0.1) is 16.8 Å². The van der Waals surface area contributed by atoms with Crippen LogP contribution in [-0.2, 0) is 16.4 Å². The van der Waals surface area contributed by atoms with Gasteiger partial charge in [0.15, 0.2) is 0 Å². The molecule has 0 fully saturated rings. The maximum absolute atomic E-state index is 13.6. The number of pyridine rings is 1. The number of halogens is 1. The molecule has 5 nitrogen and oxygen atoms in total. The molecular weight excluding hydrogens is 365 g/mol. The maximum Gasteiger partial charge on any atom is 0.262 e. The lowest BCUT2D eigenvalue weighted by Gasteiger charge is -2.11. The number of anilines is 2. The van der Waals surface area contributed by atoms with Crippen molar-refractivity contribution in [1.29, 1.82) is 0 Å². The Morgan fingerprint density at radius 1 is 1.00 bits per heavy atom. The molecule has 0 saturated carbocycles. The smallest absolute Gasteiger partial charge is 0.262 e. The Hall–Kier alpha value is -2.93. The number of nitrogens with one attached hydrogen (secondary N) is 2. The van der Waals surface area contributed by atoms with Crippen molar-refractivity contribution in [2.24, 2.45) is 0 Å². The first-order valence-corrected chi connectivity index (χ1v) is 9.96. The van der Waals surface area contributed by atoms with Crippen molar-refractivity contribution >= 4 is 21.5 Å². The first kappa shape index (κ1) is 18.8. The number of hydrogen-bond donors (Lipinski definition) is 2. The molecule has 0 spiro atoms. The van der Waals surface area contributed by atoms with Crippen LogP contribution in [0.3, 0.4) is 0 Å². The van der Waals surface area contributed by atoms with E-state index in [2.05, 4.69) is 15.0 Å². The number of nitrogens with zero attached hydrogens (tertiary/aromatic N) is 1. The van der Waals surface area contributed by atoms with Crippen LogP contribution < -0.4 is 10.0 Å². The summed E-state index contributed by atoms with van der Waals surface area (Å²) in [6.07, 6.45) is 1.97. The molecule has 0 aliphatic rings. The topological polar surface area (TPSA) is 71.1 Å². The van der Waals surface area contributed by atoms with Crippen molar-refractivity contribution in [2.45, 2.75) is 18.2 Å². The summed E-state index contributed by atoms with van der Waals surface area (Å²) in [5.74, 6) is 0.360. The van der Waals surface area contributed by atoms with Gasteiger partial charge in [0.2, 0.25) is 0 Å². The summed E-state index contributed by atoms with van der Waals surface area (Å²) >= 11 is 0. The number of benzene rings is 2. The van der Waals surface area contributed by atoms with Crippen LogP contribution in [0.15, 0.2) is 71.8 Å². The summed E-state index contributed by atoms with van der Waals surface area (Å²) in [5, 5.41) is 3.10. The highest BCUT2D eigenvalue weighted by Gasteiger charge is 2.16. The van der Waals surface area contributed by atoms with Crippen LogP contribution in [0.2, 0.25) is 0 Å². The molecule has 0 unspecified atom stereocenters. The van der Waals surface area contributed by atoms with Crippen LogP contribution in [0, 0.1) is 12.7 Å². The molecule has 0 bridgehead atoms. The first-order valence-electron chi connectivity index (χ1n) is 8.47. The van der Waals surface area contributed by atoms with Crippen LogP contribution in [0.1, 0.15) is 11.1 Å². The maximum atomic E-state index is 13.6. The summed E-state index contributed by atoms with van der Waals surface area (Å²) in [7, 11) is -3.67. The van der Waals surface area contributed by atoms with Gasteiger partial charge in [-0.05, 0) is 48.7 Å². The normalized spacial score (nSPS) is 11.2. The van der Waals surface area contributed by atoms with Gasteiger partial charge in [0, 0.05) is 6.54 Å². The molecule has 1 aromatic heterocycles. The third-order valence-electron chi connectivity index (χ3n) is 4.06. The Bertz CT molecular complexity index is 1020. The van der Waals surface area contributed by atoms with Gasteiger partial charge < -0.3 is 5.32 Å². The fourth-order valence-electron chi connectivity index (χ4n) is 2.65. The average molecular weight is 385 g/mol. The van der Waals surface area contributed by atoms with E-state index in [1.807, 2.05) is 0 Å². The zero-order valence-electron chi connectivity index (χ0n) is 14.8. The number of rotatable bonds is 7. The Kier molecular flexibility index (Phi) is 5.71. The Balaban J connectivity index is 1.60. The molecule has 0 aliphatic heterocycles. The van der Waals surface area contributed by atoms with Gasteiger partial charge in [-0.15, -0.1) is 0 Å². The largest absolute Gasteiger partial charge is 0.370 e. The minimum atomic E-state index is -3.67. The fraction of sp³-hybridized carbons (Fsp3) is 0.150. The molecule has 0 aliphatic carbocycles.